The Hall–Kier alpha value is -0.200. The molecule has 0 spiro atoms. The Morgan fingerprint density at radius 1 is 1.12 bits per heavy atom. The Bertz CT molecular complexity index is 327. The summed E-state index contributed by atoms with van der Waals surface area (Å²) < 4.78 is 0. The molecule has 0 saturated carbocycles. The summed E-state index contributed by atoms with van der Waals surface area (Å²) in [7, 11) is 0. The maximum absolute atomic E-state index is 6.14. The molecule has 2 heteroatoms. The van der Waals surface area contributed by atoms with E-state index in [1.54, 1.807) is 0 Å². The second-order valence-electron chi connectivity index (χ2n) is 4.89. The molecule has 0 aliphatic rings. The van der Waals surface area contributed by atoms with Crippen LogP contribution in [0, 0.1) is 18.3 Å². The smallest absolute Gasteiger partial charge is 0.0297 e. The van der Waals surface area contributed by atoms with Gasteiger partial charge in [-0.25, -0.2) is 0 Å². The molecule has 0 amide bonds. The van der Waals surface area contributed by atoms with Crippen molar-refractivity contribution in [3.63, 3.8) is 0 Å². The number of hydrogen-bond donors (Lipinski definition) is 0. The first-order valence-electron chi connectivity index (χ1n) is 5.72. The van der Waals surface area contributed by atoms with Crippen molar-refractivity contribution in [1.29, 1.82) is 0 Å². The van der Waals surface area contributed by atoms with Gasteiger partial charge in [0.05, 0.1) is 0 Å². The predicted molar refractivity (Wildman–Crippen MR) is 73.6 cm³/mol. The number of halogens is 2. The van der Waals surface area contributed by atoms with Crippen LogP contribution in [-0.2, 0) is 6.42 Å². The Morgan fingerprint density at radius 2 is 1.69 bits per heavy atom. The summed E-state index contributed by atoms with van der Waals surface area (Å²) in [4.78, 5) is 0. The maximum Gasteiger partial charge on any atom is 0.0297 e. The predicted octanol–water partition coefficient (Wildman–Crippen LogP) is 4.66. The quantitative estimate of drug-likeness (QED) is 0.675. The summed E-state index contributed by atoms with van der Waals surface area (Å²) in [5.41, 5.74) is 2.69. The lowest BCUT2D eigenvalue weighted by atomic mass is 9.75. The number of alkyl halides is 2. The van der Waals surface area contributed by atoms with E-state index in [4.69, 9.17) is 23.2 Å². The molecule has 0 radical (unpaired) electrons. The molecule has 0 aliphatic heterocycles. The van der Waals surface area contributed by atoms with E-state index >= 15 is 0 Å². The van der Waals surface area contributed by atoms with E-state index in [-0.39, 0.29) is 5.41 Å². The van der Waals surface area contributed by atoms with Gasteiger partial charge >= 0.3 is 0 Å². The lowest BCUT2D eigenvalue weighted by Crippen LogP contribution is -2.34. The minimum Gasteiger partial charge on any atom is -0.126 e. The van der Waals surface area contributed by atoms with Crippen molar-refractivity contribution < 1.29 is 0 Å². The third-order valence-corrected chi connectivity index (χ3v) is 4.63. The fraction of sp³-hybridized carbons (Fsp3) is 0.571. The van der Waals surface area contributed by atoms with Crippen LogP contribution in [0.1, 0.15) is 25.0 Å². The molecule has 90 valence electrons. The molecule has 0 N–H and O–H groups in total. The monoisotopic (exact) mass is 258 g/mol. The molecule has 1 aromatic carbocycles. The van der Waals surface area contributed by atoms with Gasteiger partial charge in [-0.3, -0.25) is 0 Å². The average molecular weight is 259 g/mol. The summed E-state index contributed by atoms with van der Waals surface area (Å²) in [6.45, 7) is 6.54. The van der Waals surface area contributed by atoms with Crippen molar-refractivity contribution in [3.05, 3.63) is 35.4 Å². The Kier molecular flexibility index (Phi) is 5.14. The molecule has 0 atom stereocenters. The molecule has 0 heterocycles. The molecule has 0 aromatic heterocycles. The highest BCUT2D eigenvalue weighted by Gasteiger charge is 2.32. The highest BCUT2D eigenvalue weighted by Crippen LogP contribution is 2.35. The van der Waals surface area contributed by atoms with Crippen LogP contribution >= 0.6 is 23.2 Å². The average Bonchev–Trinajstić information content (AvgIpc) is 2.28. The molecule has 0 fully saturated rings. The van der Waals surface area contributed by atoms with Crippen LogP contribution < -0.4 is 0 Å². The Labute approximate surface area is 109 Å². The highest BCUT2D eigenvalue weighted by atomic mass is 35.5. The van der Waals surface area contributed by atoms with Gasteiger partial charge in [0, 0.05) is 17.2 Å². The van der Waals surface area contributed by atoms with Crippen LogP contribution in [0.2, 0.25) is 0 Å². The summed E-state index contributed by atoms with van der Waals surface area (Å²) >= 11 is 12.3. The van der Waals surface area contributed by atoms with Gasteiger partial charge in [0.25, 0.3) is 0 Å². The Morgan fingerprint density at radius 3 is 2.12 bits per heavy atom. The number of rotatable bonds is 5. The van der Waals surface area contributed by atoms with Gasteiger partial charge in [-0.05, 0) is 30.4 Å². The third-order valence-electron chi connectivity index (χ3n) is 3.56. The SMILES string of the molecule is Cc1ccccc1CC(CCl)(CCl)C(C)C. The van der Waals surface area contributed by atoms with Crippen molar-refractivity contribution in [2.45, 2.75) is 27.2 Å². The normalized spacial score (nSPS) is 12.1. The summed E-state index contributed by atoms with van der Waals surface area (Å²) in [5, 5.41) is 0. The first-order valence-corrected chi connectivity index (χ1v) is 6.79. The minimum absolute atomic E-state index is 0.00915. The zero-order valence-corrected chi connectivity index (χ0v) is 11.8. The van der Waals surface area contributed by atoms with E-state index in [0.29, 0.717) is 17.7 Å². The standard InChI is InChI=1S/C14H20Cl2/c1-11(2)14(9-15,10-16)8-13-7-5-4-6-12(13)3/h4-7,11H,8-10H2,1-3H3. The van der Waals surface area contributed by atoms with E-state index < -0.39 is 0 Å². The Balaban J connectivity index is 2.96. The van der Waals surface area contributed by atoms with E-state index in [0.717, 1.165) is 6.42 Å². The third kappa shape index (κ3) is 2.93. The fourth-order valence-corrected chi connectivity index (χ4v) is 2.92. The highest BCUT2D eigenvalue weighted by molar-refractivity contribution is 6.21. The van der Waals surface area contributed by atoms with Gasteiger partial charge in [0.2, 0.25) is 0 Å². The minimum atomic E-state index is 0.00915. The topological polar surface area (TPSA) is 0 Å². The van der Waals surface area contributed by atoms with Crippen molar-refractivity contribution in [2.75, 3.05) is 11.8 Å². The van der Waals surface area contributed by atoms with E-state index in [2.05, 4.69) is 45.0 Å². The fourth-order valence-electron chi connectivity index (χ4n) is 1.83. The zero-order valence-electron chi connectivity index (χ0n) is 10.3. The molecule has 0 nitrogen and oxygen atoms in total. The molecule has 0 saturated heterocycles. The van der Waals surface area contributed by atoms with Crippen LogP contribution in [0.15, 0.2) is 24.3 Å². The number of aryl methyl sites for hydroxylation is 1. The van der Waals surface area contributed by atoms with Crippen LogP contribution in [0.5, 0.6) is 0 Å². The maximum atomic E-state index is 6.14. The molecular weight excluding hydrogens is 239 g/mol. The molecule has 1 rings (SSSR count). The van der Waals surface area contributed by atoms with Crippen molar-refractivity contribution in [3.8, 4) is 0 Å². The van der Waals surface area contributed by atoms with Crippen LogP contribution in [0.4, 0.5) is 0 Å². The van der Waals surface area contributed by atoms with Crippen LogP contribution in [-0.4, -0.2) is 11.8 Å². The lowest BCUT2D eigenvalue weighted by molar-refractivity contribution is 0.258. The van der Waals surface area contributed by atoms with Crippen molar-refractivity contribution >= 4 is 23.2 Å². The molecule has 1 aromatic rings. The molecule has 0 bridgehead atoms. The van der Waals surface area contributed by atoms with Crippen LogP contribution in [0.3, 0.4) is 0 Å². The molecule has 0 unspecified atom stereocenters. The van der Waals surface area contributed by atoms with Gasteiger partial charge in [0.1, 0.15) is 0 Å². The second kappa shape index (κ2) is 5.93. The largest absolute Gasteiger partial charge is 0.126 e. The van der Waals surface area contributed by atoms with E-state index in [9.17, 15) is 0 Å². The summed E-state index contributed by atoms with van der Waals surface area (Å²) in [5.74, 6) is 1.72. The summed E-state index contributed by atoms with van der Waals surface area (Å²) in [6, 6.07) is 8.46. The van der Waals surface area contributed by atoms with Gasteiger partial charge in [-0.2, -0.15) is 0 Å². The second-order valence-corrected chi connectivity index (χ2v) is 5.42. The van der Waals surface area contributed by atoms with Crippen molar-refractivity contribution in [2.24, 2.45) is 11.3 Å². The van der Waals surface area contributed by atoms with Gasteiger partial charge < -0.3 is 0 Å². The zero-order chi connectivity index (χ0) is 12.2. The van der Waals surface area contributed by atoms with E-state index in [1.807, 2.05) is 0 Å². The van der Waals surface area contributed by atoms with Crippen LogP contribution in [0.25, 0.3) is 0 Å². The molecule has 16 heavy (non-hydrogen) atoms. The first kappa shape index (κ1) is 13.9. The molecular formula is C14H20Cl2. The summed E-state index contributed by atoms with van der Waals surface area (Å²) in [6.07, 6.45) is 0.963. The number of benzene rings is 1. The van der Waals surface area contributed by atoms with Gasteiger partial charge in [0.15, 0.2) is 0 Å². The van der Waals surface area contributed by atoms with E-state index in [1.165, 1.54) is 11.1 Å². The van der Waals surface area contributed by atoms with Gasteiger partial charge in [-0.1, -0.05) is 38.1 Å². The molecule has 0 aliphatic carbocycles. The number of hydrogen-bond acceptors (Lipinski definition) is 0. The lowest BCUT2D eigenvalue weighted by Gasteiger charge is -2.34. The first-order chi connectivity index (χ1) is 7.55. The van der Waals surface area contributed by atoms with Gasteiger partial charge in [-0.15, -0.1) is 23.2 Å². The van der Waals surface area contributed by atoms with Crippen molar-refractivity contribution in [1.82, 2.24) is 0 Å².